The van der Waals surface area contributed by atoms with Gasteiger partial charge in [-0.05, 0) is 70.2 Å². The van der Waals surface area contributed by atoms with Crippen molar-refractivity contribution < 1.29 is 15.0 Å². The van der Waals surface area contributed by atoms with Gasteiger partial charge in [0.25, 0.3) is 0 Å². The molecule has 1 aliphatic heterocycles. The average molecular weight is 419 g/mol. The molecule has 7 nitrogen and oxygen atoms in total. The fraction of sp³-hybridized carbons (Fsp3) is 0.435. The van der Waals surface area contributed by atoms with Crippen molar-refractivity contribution >= 4 is 6.29 Å². The van der Waals surface area contributed by atoms with Crippen molar-refractivity contribution in [1.82, 2.24) is 20.4 Å². The lowest BCUT2D eigenvalue weighted by molar-refractivity contribution is 0.112. The molecule has 1 heterocycles. The van der Waals surface area contributed by atoms with Crippen molar-refractivity contribution in [2.75, 3.05) is 54.4 Å². The van der Waals surface area contributed by atoms with E-state index >= 15 is 0 Å². The summed E-state index contributed by atoms with van der Waals surface area (Å²) in [5, 5.41) is 24.0. The van der Waals surface area contributed by atoms with E-state index in [-0.39, 0.29) is 13.2 Å². The Labute approximate surface area is 181 Å². The van der Waals surface area contributed by atoms with Crippen LogP contribution in [0.2, 0.25) is 0 Å². The van der Waals surface area contributed by atoms with E-state index in [1.807, 2.05) is 26.2 Å². The first-order chi connectivity index (χ1) is 13.9. The molecule has 30 heavy (non-hydrogen) atoms. The van der Waals surface area contributed by atoms with Crippen LogP contribution in [0.25, 0.3) is 0 Å². The molecule has 0 unspecified atom stereocenters. The Balaban J connectivity index is 0.000000457. The molecule has 3 rings (SSSR count). The summed E-state index contributed by atoms with van der Waals surface area (Å²) < 4.78 is 0. The Bertz CT molecular complexity index is 679. The maximum Gasteiger partial charge on any atom is 0.150 e. The van der Waals surface area contributed by atoms with Crippen molar-refractivity contribution in [3.05, 3.63) is 59.7 Å². The Morgan fingerprint density at radius 2 is 1.27 bits per heavy atom. The summed E-state index contributed by atoms with van der Waals surface area (Å²) in [7, 11) is 8.14. The van der Waals surface area contributed by atoms with Gasteiger partial charge in [-0.3, -0.25) is 14.6 Å². The van der Waals surface area contributed by atoms with E-state index in [0.717, 1.165) is 32.5 Å². The third kappa shape index (κ3) is 9.84. The van der Waals surface area contributed by atoms with Gasteiger partial charge in [-0.25, -0.2) is 0 Å². The predicted octanol–water partition coefficient (Wildman–Crippen LogP) is 2.53. The third-order valence-corrected chi connectivity index (χ3v) is 4.49. The molecule has 0 bridgehead atoms. The molecule has 1 aliphatic rings. The molecule has 7 heteroatoms. The van der Waals surface area contributed by atoms with Crippen LogP contribution < -0.4 is 10.6 Å². The number of nitrogens with zero attached hydrogens (tertiary/aromatic N) is 2. The number of hydrogen-bond donors (Lipinski definition) is 4. The molecule has 2 aromatic rings. The smallest absolute Gasteiger partial charge is 0.150 e. The molecule has 0 atom stereocenters. The number of carbonyl (C=O) groups is 1. The largest absolute Gasteiger partial charge is 0.508 e. The van der Waals surface area contributed by atoms with Crippen LogP contribution in [-0.2, 0) is 0 Å². The number of aldehydes is 1. The summed E-state index contributed by atoms with van der Waals surface area (Å²) in [6.07, 6.45) is 1.09. The second-order valence-electron chi connectivity index (χ2n) is 6.84. The lowest BCUT2D eigenvalue weighted by Crippen LogP contribution is -2.25. The predicted molar refractivity (Wildman–Crippen MR) is 124 cm³/mol. The molecule has 0 aromatic heterocycles. The normalized spacial score (nSPS) is 14.0. The number of hydrogen-bond acceptors (Lipinski definition) is 7. The zero-order valence-electron chi connectivity index (χ0n) is 17.8. The van der Waals surface area contributed by atoms with Crippen LogP contribution in [0.15, 0.2) is 48.5 Å². The molecule has 0 saturated carbocycles. The molecule has 4 N–H and O–H groups in total. The van der Waals surface area contributed by atoms with Gasteiger partial charge in [-0.15, -0.1) is 0 Å². The maximum atomic E-state index is 10.0. The van der Waals surface area contributed by atoms with Crippen LogP contribution >= 0.6 is 0 Å². The van der Waals surface area contributed by atoms with E-state index in [2.05, 4.69) is 34.5 Å². The summed E-state index contributed by atoms with van der Waals surface area (Å²) in [5.74, 6) is 0.512. The quantitative estimate of drug-likeness (QED) is 0.438. The minimum atomic E-state index is 0. The number of rotatable bonds is 5. The SMILES string of the molecule is C.CN1CCN(C)C1c1ccc(O)cc1.CNCCNC.O=Cc1ccc(O)cc1. The first kappa shape index (κ1) is 27.5. The van der Waals surface area contributed by atoms with E-state index in [1.165, 1.54) is 17.7 Å². The van der Waals surface area contributed by atoms with Crippen molar-refractivity contribution in [1.29, 1.82) is 0 Å². The maximum absolute atomic E-state index is 10.0. The number of nitrogens with one attached hydrogen (secondary N) is 2. The Morgan fingerprint density at radius 3 is 1.63 bits per heavy atom. The highest BCUT2D eigenvalue weighted by atomic mass is 16.3. The lowest BCUT2D eigenvalue weighted by atomic mass is 10.1. The number of likely N-dealkylation sites (N-methyl/N-ethyl adjacent to an activating group) is 4. The first-order valence-corrected chi connectivity index (χ1v) is 9.65. The number of aromatic hydroxyl groups is 2. The standard InChI is InChI=1S/C11H16N2O.C7H6O2.C4H12N2.CH4/c1-12-7-8-13(2)11(12)9-3-5-10(14)6-4-9;8-5-6-1-3-7(9)4-2-6;1-5-3-4-6-2;/h3-6,11,14H,7-8H2,1-2H3;1-5,9H;5-6H,3-4H2,1-2H3;1H4. The summed E-state index contributed by atoms with van der Waals surface area (Å²) in [6, 6.07) is 13.5. The Hall–Kier alpha value is -2.45. The number of phenols is 2. The van der Waals surface area contributed by atoms with Crippen molar-refractivity contribution in [2.24, 2.45) is 0 Å². The molecule has 168 valence electrons. The van der Waals surface area contributed by atoms with Gasteiger partial charge >= 0.3 is 0 Å². The van der Waals surface area contributed by atoms with Gasteiger partial charge in [0, 0.05) is 31.7 Å². The molecular weight excluding hydrogens is 380 g/mol. The summed E-state index contributed by atoms with van der Waals surface area (Å²) in [6.45, 7) is 4.30. The first-order valence-electron chi connectivity index (χ1n) is 9.65. The zero-order valence-corrected chi connectivity index (χ0v) is 17.8. The molecule has 0 amide bonds. The van der Waals surface area contributed by atoms with Crippen LogP contribution in [0.5, 0.6) is 11.5 Å². The second-order valence-corrected chi connectivity index (χ2v) is 6.84. The van der Waals surface area contributed by atoms with Crippen LogP contribution in [-0.4, -0.2) is 80.7 Å². The van der Waals surface area contributed by atoms with E-state index in [0.29, 0.717) is 17.5 Å². The van der Waals surface area contributed by atoms with Gasteiger partial charge in [0.2, 0.25) is 0 Å². The molecular formula is C23H38N4O3. The van der Waals surface area contributed by atoms with Gasteiger partial charge < -0.3 is 20.8 Å². The zero-order chi connectivity index (χ0) is 21.6. The van der Waals surface area contributed by atoms with Gasteiger partial charge in [-0.2, -0.15) is 0 Å². The molecule has 1 saturated heterocycles. The van der Waals surface area contributed by atoms with Crippen molar-refractivity contribution in [3.63, 3.8) is 0 Å². The highest BCUT2D eigenvalue weighted by Gasteiger charge is 2.27. The highest BCUT2D eigenvalue weighted by molar-refractivity contribution is 5.74. The van der Waals surface area contributed by atoms with Crippen LogP contribution in [0, 0.1) is 0 Å². The Morgan fingerprint density at radius 1 is 0.867 bits per heavy atom. The van der Waals surface area contributed by atoms with Gasteiger partial charge in [0.1, 0.15) is 17.8 Å². The van der Waals surface area contributed by atoms with E-state index in [4.69, 9.17) is 5.11 Å². The minimum absolute atomic E-state index is 0. The molecule has 1 fully saturated rings. The summed E-state index contributed by atoms with van der Waals surface area (Å²) in [5.41, 5.74) is 1.82. The highest BCUT2D eigenvalue weighted by Crippen LogP contribution is 2.27. The van der Waals surface area contributed by atoms with E-state index < -0.39 is 0 Å². The number of phenolic OH excluding ortho intramolecular Hbond substituents is 2. The number of benzene rings is 2. The van der Waals surface area contributed by atoms with Crippen LogP contribution in [0.4, 0.5) is 0 Å². The number of carbonyl (C=O) groups excluding carboxylic acids is 1. The monoisotopic (exact) mass is 418 g/mol. The van der Waals surface area contributed by atoms with Crippen molar-refractivity contribution in [3.8, 4) is 11.5 Å². The van der Waals surface area contributed by atoms with Crippen LogP contribution in [0.3, 0.4) is 0 Å². The van der Waals surface area contributed by atoms with Crippen LogP contribution in [0.1, 0.15) is 29.5 Å². The second kappa shape index (κ2) is 15.4. The molecule has 2 aromatic carbocycles. The van der Waals surface area contributed by atoms with Crippen molar-refractivity contribution in [2.45, 2.75) is 13.6 Å². The summed E-state index contributed by atoms with van der Waals surface area (Å²) in [4.78, 5) is 14.7. The molecule has 0 radical (unpaired) electrons. The van der Waals surface area contributed by atoms with E-state index in [9.17, 15) is 9.90 Å². The van der Waals surface area contributed by atoms with Gasteiger partial charge in [-0.1, -0.05) is 19.6 Å². The van der Waals surface area contributed by atoms with Gasteiger partial charge in [0.15, 0.2) is 0 Å². The lowest BCUT2D eigenvalue weighted by Gasteiger charge is -2.25. The Kier molecular flexibility index (Phi) is 14.1. The molecule has 0 spiro atoms. The topological polar surface area (TPSA) is 88.1 Å². The average Bonchev–Trinajstić information content (AvgIpc) is 3.07. The fourth-order valence-electron chi connectivity index (χ4n) is 2.85. The van der Waals surface area contributed by atoms with E-state index in [1.54, 1.807) is 24.3 Å². The van der Waals surface area contributed by atoms with Gasteiger partial charge in [0.05, 0.1) is 6.17 Å². The molecule has 0 aliphatic carbocycles. The third-order valence-electron chi connectivity index (χ3n) is 4.49. The fourth-order valence-corrected chi connectivity index (χ4v) is 2.85. The minimum Gasteiger partial charge on any atom is -0.508 e. The summed E-state index contributed by atoms with van der Waals surface area (Å²) >= 11 is 0.